The Labute approximate surface area is 145 Å². The Morgan fingerprint density at radius 3 is 2.75 bits per heavy atom. The minimum Gasteiger partial charge on any atom is -0.396 e. The molecule has 3 heteroatoms. The quantitative estimate of drug-likeness (QED) is 0.799. The van der Waals surface area contributed by atoms with E-state index >= 15 is 0 Å². The summed E-state index contributed by atoms with van der Waals surface area (Å²) < 4.78 is 0. The van der Waals surface area contributed by atoms with Crippen LogP contribution in [0.1, 0.15) is 52.4 Å². The lowest BCUT2D eigenvalue weighted by molar-refractivity contribution is -0.133. The largest absolute Gasteiger partial charge is 0.396 e. The zero-order valence-electron chi connectivity index (χ0n) is 15.0. The van der Waals surface area contributed by atoms with Gasteiger partial charge in [0.25, 0.3) is 0 Å². The molecule has 3 fully saturated rings. The molecule has 0 aromatic heterocycles. The van der Waals surface area contributed by atoms with E-state index in [1.807, 2.05) is 0 Å². The summed E-state index contributed by atoms with van der Waals surface area (Å²) in [6.45, 7) is 8.14. The molecule has 0 heterocycles. The van der Waals surface area contributed by atoms with Crippen LogP contribution >= 0.6 is 0 Å². The Hall–Kier alpha value is -1.22. The second kappa shape index (κ2) is 6.25. The van der Waals surface area contributed by atoms with Gasteiger partial charge in [0, 0.05) is 18.4 Å². The minimum atomic E-state index is -0.153. The van der Waals surface area contributed by atoms with Crippen molar-refractivity contribution in [2.45, 2.75) is 52.4 Å². The van der Waals surface area contributed by atoms with Gasteiger partial charge in [-0.15, -0.1) is 0 Å². The van der Waals surface area contributed by atoms with Gasteiger partial charge in [-0.05, 0) is 73.3 Å². The standard InChI is InChI=1S/C21H30O3/c1-4-15(23)7-9-20(2)12-14(13-22)11-16-17(20)8-10-21(3)18(16)5-6-19(21)24/h4,7,9,14,16-18,22H,1,5-6,8,10-13H2,2-3H3/b9-7-/t14?,16?,17?,18?,20-,21-/m0/s1. The highest BCUT2D eigenvalue weighted by Crippen LogP contribution is 2.62. The van der Waals surface area contributed by atoms with Crippen molar-refractivity contribution >= 4 is 11.6 Å². The van der Waals surface area contributed by atoms with Crippen LogP contribution in [0.2, 0.25) is 0 Å². The fraction of sp³-hybridized carbons (Fsp3) is 0.714. The van der Waals surface area contributed by atoms with Gasteiger partial charge in [-0.1, -0.05) is 26.5 Å². The van der Waals surface area contributed by atoms with Crippen LogP contribution in [0, 0.1) is 34.5 Å². The van der Waals surface area contributed by atoms with Crippen molar-refractivity contribution in [2.24, 2.45) is 34.5 Å². The second-order valence-electron chi connectivity index (χ2n) is 8.73. The van der Waals surface area contributed by atoms with Crippen molar-refractivity contribution in [1.82, 2.24) is 0 Å². The van der Waals surface area contributed by atoms with Gasteiger partial charge in [0.1, 0.15) is 5.78 Å². The highest BCUT2D eigenvalue weighted by molar-refractivity contribution is 5.98. The molecule has 3 aliphatic carbocycles. The number of carbonyl (C=O) groups excluding carboxylic acids is 2. The molecule has 6 atom stereocenters. The van der Waals surface area contributed by atoms with Gasteiger partial charge >= 0.3 is 0 Å². The maximum atomic E-state index is 12.5. The average Bonchev–Trinajstić information content (AvgIpc) is 2.88. The Bertz CT molecular complexity index is 578. The molecule has 3 nitrogen and oxygen atoms in total. The number of rotatable bonds is 4. The first kappa shape index (κ1) is 17.6. The van der Waals surface area contributed by atoms with Crippen LogP contribution in [-0.4, -0.2) is 23.3 Å². The van der Waals surface area contributed by atoms with Crippen LogP contribution in [0.4, 0.5) is 0 Å². The average molecular weight is 330 g/mol. The van der Waals surface area contributed by atoms with Gasteiger partial charge in [-0.3, -0.25) is 9.59 Å². The van der Waals surface area contributed by atoms with Crippen LogP contribution < -0.4 is 0 Å². The van der Waals surface area contributed by atoms with E-state index in [1.165, 1.54) is 6.08 Å². The van der Waals surface area contributed by atoms with Crippen molar-refractivity contribution in [1.29, 1.82) is 0 Å². The predicted octanol–water partition coefficient (Wildman–Crippen LogP) is 3.72. The van der Waals surface area contributed by atoms with E-state index in [1.54, 1.807) is 6.08 Å². The molecule has 3 aliphatic rings. The summed E-state index contributed by atoms with van der Waals surface area (Å²) in [5.41, 5.74) is -0.234. The zero-order chi connectivity index (χ0) is 17.5. The van der Waals surface area contributed by atoms with Crippen molar-refractivity contribution < 1.29 is 14.7 Å². The minimum absolute atomic E-state index is 0.0596. The molecule has 0 aromatic rings. The molecule has 132 valence electrons. The summed E-state index contributed by atoms with van der Waals surface area (Å²) in [4.78, 5) is 24.1. The molecule has 0 spiro atoms. The SMILES string of the molecule is C=CC(=O)/C=C\[C@@]1(C)CC(CO)CC2C1CC[C@]1(C)C(=O)CCC21. The molecular formula is C21H30O3. The van der Waals surface area contributed by atoms with E-state index < -0.39 is 0 Å². The summed E-state index contributed by atoms with van der Waals surface area (Å²) in [5, 5.41) is 9.82. The molecule has 0 aromatic carbocycles. The van der Waals surface area contributed by atoms with Crippen LogP contribution in [0.3, 0.4) is 0 Å². The first-order valence-electron chi connectivity index (χ1n) is 9.34. The van der Waals surface area contributed by atoms with Crippen molar-refractivity contribution in [3.8, 4) is 0 Å². The lowest BCUT2D eigenvalue weighted by Gasteiger charge is -2.56. The number of hydrogen-bond acceptors (Lipinski definition) is 3. The first-order chi connectivity index (χ1) is 11.3. The molecule has 3 rings (SSSR count). The third-order valence-electron chi connectivity index (χ3n) is 7.41. The van der Waals surface area contributed by atoms with E-state index in [0.717, 1.165) is 38.5 Å². The van der Waals surface area contributed by atoms with Crippen molar-refractivity contribution in [3.63, 3.8) is 0 Å². The fourth-order valence-electron chi connectivity index (χ4n) is 6.12. The molecule has 0 aliphatic heterocycles. The van der Waals surface area contributed by atoms with Gasteiger partial charge in [-0.2, -0.15) is 0 Å². The number of Topliss-reactive ketones (excluding diaryl/α,β-unsaturated/α-hetero) is 1. The van der Waals surface area contributed by atoms with Crippen molar-refractivity contribution in [3.05, 3.63) is 24.8 Å². The Balaban J connectivity index is 1.93. The van der Waals surface area contributed by atoms with Gasteiger partial charge in [0.2, 0.25) is 0 Å². The molecule has 3 saturated carbocycles. The summed E-state index contributed by atoms with van der Waals surface area (Å²) in [5.74, 6) is 2.07. The van der Waals surface area contributed by atoms with E-state index in [2.05, 4.69) is 26.5 Å². The van der Waals surface area contributed by atoms with Crippen LogP contribution in [0.5, 0.6) is 0 Å². The summed E-state index contributed by atoms with van der Waals surface area (Å²) in [6.07, 6.45) is 10.7. The highest BCUT2D eigenvalue weighted by atomic mass is 16.3. The Morgan fingerprint density at radius 2 is 2.08 bits per heavy atom. The predicted molar refractivity (Wildman–Crippen MR) is 94.3 cm³/mol. The number of aliphatic hydroxyl groups excluding tert-OH is 1. The van der Waals surface area contributed by atoms with Crippen LogP contribution in [0.25, 0.3) is 0 Å². The number of hydrogen-bond donors (Lipinski definition) is 1. The first-order valence-corrected chi connectivity index (χ1v) is 9.34. The third-order valence-corrected chi connectivity index (χ3v) is 7.41. The smallest absolute Gasteiger partial charge is 0.177 e. The van der Waals surface area contributed by atoms with E-state index in [4.69, 9.17) is 0 Å². The maximum Gasteiger partial charge on any atom is 0.177 e. The number of ketones is 2. The lowest BCUT2D eigenvalue weighted by atomic mass is 9.48. The monoisotopic (exact) mass is 330 g/mol. The molecule has 0 bridgehead atoms. The van der Waals surface area contributed by atoms with Crippen LogP contribution in [-0.2, 0) is 9.59 Å². The third kappa shape index (κ3) is 2.71. The highest BCUT2D eigenvalue weighted by Gasteiger charge is 2.58. The van der Waals surface area contributed by atoms with Crippen molar-refractivity contribution in [2.75, 3.05) is 6.61 Å². The molecule has 1 N–H and O–H groups in total. The zero-order valence-corrected chi connectivity index (χ0v) is 15.0. The molecule has 0 saturated heterocycles. The summed E-state index contributed by atoms with van der Waals surface area (Å²) in [7, 11) is 0. The maximum absolute atomic E-state index is 12.5. The van der Waals surface area contributed by atoms with E-state index in [9.17, 15) is 14.7 Å². The number of allylic oxidation sites excluding steroid dienone is 3. The topological polar surface area (TPSA) is 54.4 Å². The molecule has 0 radical (unpaired) electrons. The molecular weight excluding hydrogens is 300 g/mol. The molecule has 0 amide bonds. The van der Waals surface area contributed by atoms with Crippen LogP contribution in [0.15, 0.2) is 24.8 Å². The molecule has 4 unspecified atom stereocenters. The normalized spacial score (nSPS) is 45.0. The number of carbonyl (C=O) groups is 2. The number of fused-ring (bicyclic) bond motifs is 3. The lowest BCUT2D eigenvalue weighted by Crippen LogP contribution is -2.50. The summed E-state index contributed by atoms with van der Waals surface area (Å²) in [6, 6.07) is 0. The second-order valence-corrected chi connectivity index (χ2v) is 8.73. The molecule has 24 heavy (non-hydrogen) atoms. The van der Waals surface area contributed by atoms with Gasteiger partial charge in [0.05, 0.1) is 0 Å². The van der Waals surface area contributed by atoms with E-state index in [-0.39, 0.29) is 29.1 Å². The van der Waals surface area contributed by atoms with Gasteiger partial charge < -0.3 is 5.11 Å². The number of aliphatic hydroxyl groups is 1. The summed E-state index contributed by atoms with van der Waals surface area (Å²) >= 11 is 0. The fourth-order valence-corrected chi connectivity index (χ4v) is 6.12. The van der Waals surface area contributed by atoms with E-state index in [0.29, 0.717) is 23.5 Å². The van der Waals surface area contributed by atoms with Gasteiger partial charge in [0.15, 0.2) is 5.78 Å². The van der Waals surface area contributed by atoms with Gasteiger partial charge in [-0.25, -0.2) is 0 Å². The Morgan fingerprint density at radius 1 is 1.33 bits per heavy atom. The Kier molecular flexibility index (Phi) is 4.59.